The van der Waals surface area contributed by atoms with Crippen molar-refractivity contribution in [3.8, 4) is 0 Å². The molecule has 0 nitrogen and oxygen atoms in total. The van der Waals surface area contributed by atoms with Gasteiger partial charge in [-0.2, -0.15) is 0 Å². The van der Waals surface area contributed by atoms with Crippen molar-refractivity contribution in [3.63, 3.8) is 0 Å². The average Bonchev–Trinajstić information content (AvgIpc) is 2.29. The molecule has 0 bridgehead atoms. The first-order valence-corrected chi connectivity index (χ1v) is 7.61. The maximum absolute atomic E-state index is 2.28. The summed E-state index contributed by atoms with van der Waals surface area (Å²) in [6, 6.07) is 8.99. The summed E-state index contributed by atoms with van der Waals surface area (Å²) in [5.41, 5.74) is 2.93. The van der Waals surface area contributed by atoms with Gasteiger partial charge in [0.1, 0.15) is 0 Å². The second kappa shape index (κ2) is 6.05. The smallest absolute Gasteiger partial charge is 0.00828 e. The molecule has 0 atom stereocenters. The zero-order valence-electron chi connectivity index (χ0n) is 12.0. The van der Waals surface area contributed by atoms with E-state index in [1.165, 1.54) is 11.1 Å². The summed E-state index contributed by atoms with van der Waals surface area (Å²) in [5, 5.41) is 0. The van der Waals surface area contributed by atoms with E-state index in [9.17, 15) is 0 Å². The molecule has 0 saturated carbocycles. The Morgan fingerprint density at radius 1 is 0.833 bits per heavy atom. The van der Waals surface area contributed by atoms with Gasteiger partial charge in [-0.3, -0.25) is 0 Å². The zero-order valence-corrected chi connectivity index (χ0v) is 14.2. The third-order valence-electron chi connectivity index (χ3n) is 3.44. The standard InChI is InChI=1S/C17H23I/c1-6-11-16(2,3)14-7-9-15(10-8-14)17(4,5)12-13-18/h6-13H,1-5H3/b11-6+,13-12+. The third-order valence-corrected chi connectivity index (χ3v) is 3.80. The molecule has 1 rings (SSSR count). The maximum atomic E-state index is 2.28. The number of hydrogen-bond acceptors (Lipinski definition) is 0. The number of hydrogen-bond donors (Lipinski definition) is 0. The molecule has 0 radical (unpaired) electrons. The van der Waals surface area contributed by atoms with Crippen LogP contribution in [0.15, 0.2) is 46.6 Å². The summed E-state index contributed by atoms with van der Waals surface area (Å²) in [7, 11) is 0. The van der Waals surface area contributed by atoms with E-state index in [2.05, 4.69) is 104 Å². The molecule has 0 aliphatic rings. The van der Waals surface area contributed by atoms with Gasteiger partial charge < -0.3 is 0 Å². The molecule has 0 aliphatic carbocycles. The fourth-order valence-electron chi connectivity index (χ4n) is 2.10. The fraction of sp³-hybridized carbons (Fsp3) is 0.412. The lowest BCUT2D eigenvalue weighted by molar-refractivity contribution is 0.654. The number of halogens is 1. The molecule has 1 aromatic carbocycles. The van der Waals surface area contributed by atoms with E-state index in [1.807, 2.05) is 0 Å². The van der Waals surface area contributed by atoms with E-state index < -0.39 is 0 Å². The second-order valence-corrected chi connectivity index (χ2v) is 6.53. The van der Waals surface area contributed by atoms with Crippen molar-refractivity contribution in [2.45, 2.75) is 45.4 Å². The zero-order chi connectivity index (χ0) is 13.8. The minimum atomic E-state index is 0.102. The van der Waals surface area contributed by atoms with Crippen LogP contribution in [0, 0.1) is 0 Å². The third kappa shape index (κ3) is 3.71. The van der Waals surface area contributed by atoms with Crippen LogP contribution < -0.4 is 0 Å². The molecule has 0 N–H and O–H groups in total. The van der Waals surface area contributed by atoms with Crippen molar-refractivity contribution in [1.82, 2.24) is 0 Å². The topological polar surface area (TPSA) is 0 Å². The molecule has 0 saturated heterocycles. The van der Waals surface area contributed by atoms with Crippen LogP contribution in [0.5, 0.6) is 0 Å². The molecule has 18 heavy (non-hydrogen) atoms. The Balaban J connectivity index is 3.07. The van der Waals surface area contributed by atoms with Crippen molar-refractivity contribution < 1.29 is 0 Å². The van der Waals surface area contributed by atoms with Crippen molar-refractivity contribution in [2.75, 3.05) is 0 Å². The van der Waals surface area contributed by atoms with Gasteiger partial charge in [-0.15, -0.1) is 0 Å². The first-order chi connectivity index (χ1) is 8.33. The Bertz CT molecular complexity index is 390. The molecule has 1 heteroatoms. The molecular formula is C17H23I. The van der Waals surface area contributed by atoms with Crippen LogP contribution in [0.3, 0.4) is 0 Å². The summed E-state index contributed by atoms with van der Waals surface area (Å²) < 4.78 is 2.09. The van der Waals surface area contributed by atoms with Crippen LogP contribution in [0.4, 0.5) is 0 Å². The minimum absolute atomic E-state index is 0.102. The van der Waals surface area contributed by atoms with Crippen LogP contribution in [0.25, 0.3) is 0 Å². The Morgan fingerprint density at radius 3 is 1.56 bits per heavy atom. The van der Waals surface area contributed by atoms with Crippen molar-refractivity contribution in [2.24, 2.45) is 0 Å². The molecule has 0 fully saturated rings. The van der Waals surface area contributed by atoms with E-state index in [0.29, 0.717) is 0 Å². The SMILES string of the molecule is C/C=C/C(C)(C)c1ccc(C(C)(C)/C=C/I)cc1. The van der Waals surface area contributed by atoms with Crippen LogP contribution in [0.1, 0.15) is 45.7 Å². The van der Waals surface area contributed by atoms with Crippen molar-refractivity contribution in [3.05, 3.63) is 57.7 Å². The van der Waals surface area contributed by atoms with E-state index >= 15 is 0 Å². The van der Waals surface area contributed by atoms with Crippen molar-refractivity contribution in [1.29, 1.82) is 0 Å². The highest BCUT2D eigenvalue weighted by Crippen LogP contribution is 2.29. The Morgan fingerprint density at radius 2 is 1.22 bits per heavy atom. The number of benzene rings is 1. The van der Waals surface area contributed by atoms with Gasteiger partial charge in [-0.25, -0.2) is 0 Å². The first-order valence-electron chi connectivity index (χ1n) is 6.36. The van der Waals surface area contributed by atoms with Crippen LogP contribution in [-0.4, -0.2) is 0 Å². The van der Waals surface area contributed by atoms with E-state index in [-0.39, 0.29) is 10.8 Å². The quantitative estimate of drug-likeness (QED) is 0.476. The van der Waals surface area contributed by atoms with Gasteiger partial charge in [0.15, 0.2) is 0 Å². The number of rotatable bonds is 4. The van der Waals surface area contributed by atoms with Gasteiger partial charge in [0.2, 0.25) is 0 Å². The summed E-state index contributed by atoms with van der Waals surface area (Å²) in [4.78, 5) is 0. The lowest BCUT2D eigenvalue weighted by atomic mass is 9.80. The highest BCUT2D eigenvalue weighted by Gasteiger charge is 2.19. The molecule has 0 aromatic heterocycles. The normalized spacial score (nSPS) is 13.7. The van der Waals surface area contributed by atoms with Crippen LogP contribution in [-0.2, 0) is 10.8 Å². The largest absolute Gasteiger partial charge is 0.0908 e. The number of allylic oxidation sites excluding steroid dienone is 3. The molecule has 0 spiro atoms. The van der Waals surface area contributed by atoms with Crippen LogP contribution in [0.2, 0.25) is 0 Å². The predicted molar refractivity (Wildman–Crippen MR) is 90.5 cm³/mol. The Labute approximate surface area is 125 Å². The van der Waals surface area contributed by atoms with Gasteiger partial charge in [-0.1, -0.05) is 92.8 Å². The maximum Gasteiger partial charge on any atom is 0.00828 e. The van der Waals surface area contributed by atoms with Crippen LogP contribution >= 0.6 is 22.6 Å². The first kappa shape index (κ1) is 15.5. The lowest BCUT2D eigenvalue weighted by Crippen LogP contribution is -2.16. The highest BCUT2D eigenvalue weighted by molar-refractivity contribution is 14.1. The van der Waals surface area contributed by atoms with Gasteiger partial charge in [0, 0.05) is 10.8 Å². The summed E-state index contributed by atoms with van der Waals surface area (Å²) in [6.07, 6.45) is 6.61. The molecule has 1 aromatic rings. The van der Waals surface area contributed by atoms with Gasteiger partial charge in [-0.05, 0) is 22.1 Å². The molecule has 0 amide bonds. The van der Waals surface area contributed by atoms with Gasteiger partial charge in [0.05, 0.1) is 0 Å². The summed E-state index contributed by atoms with van der Waals surface area (Å²) in [5.74, 6) is 0. The monoisotopic (exact) mass is 354 g/mol. The summed E-state index contributed by atoms with van der Waals surface area (Å²) in [6.45, 7) is 11.1. The molecule has 98 valence electrons. The molecular weight excluding hydrogens is 331 g/mol. The lowest BCUT2D eigenvalue weighted by Gasteiger charge is -2.24. The fourth-order valence-corrected chi connectivity index (χ4v) is 2.99. The molecule has 0 aliphatic heterocycles. The Kier molecular flexibility index (Phi) is 5.20. The predicted octanol–water partition coefficient (Wildman–Crippen LogP) is 5.77. The van der Waals surface area contributed by atoms with E-state index in [0.717, 1.165) is 0 Å². The second-order valence-electron chi connectivity index (χ2n) is 5.81. The Hall–Kier alpha value is -0.570. The average molecular weight is 354 g/mol. The van der Waals surface area contributed by atoms with E-state index in [1.54, 1.807) is 0 Å². The molecule has 0 heterocycles. The minimum Gasteiger partial charge on any atom is -0.0908 e. The van der Waals surface area contributed by atoms with Gasteiger partial charge >= 0.3 is 0 Å². The highest BCUT2D eigenvalue weighted by atomic mass is 127. The molecule has 0 unspecified atom stereocenters. The van der Waals surface area contributed by atoms with Crippen molar-refractivity contribution >= 4 is 22.6 Å². The summed E-state index contributed by atoms with van der Waals surface area (Å²) >= 11 is 2.28. The van der Waals surface area contributed by atoms with E-state index in [4.69, 9.17) is 0 Å². The van der Waals surface area contributed by atoms with Gasteiger partial charge in [0.25, 0.3) is 0 Å².